The van der Waals surface area contributed by atoms with Crippen molar-refractivity contribution in [2.24, 2.45) is 0 Å². The van der Waals surface area contributed by atoms with Crippen molar-refractivity contribution in [3.8, 4) is 0 Å². The standard InChI is InChI=1S/C10H19O/c1-5-11-8-6-7-10(4)9(2)3/h1,5-8H2,2-4H3. The van der Waals surface area contributed by atoms with Crippen LogP contribution in [0.3, 0.4) is 0 Å². The number of hydrogen-bond acceptors (Lipinski definition) is 1. The summed E-state index contributed by atoms with van der Waals surface area (Å²) >= 11 is 0. The lowest BCUT2D eigenvalue weighted by Gasteiger charge is -2.03. The predicted molar refractivity (Wildman–Crippen MR) is 49.5 cm³/mol. The predicted octanol–water partition coefficient (Wildman–Crippen LogP) is 2.97. The molecule has 1 heteroatoms. The number of hydrogen-bond donors (Lipinski definition) is 0. The highest BCUT2D eigenvalue weighted by Gasteiger charge is 1.92. The second-order valence-corrected chi connectivity index (χ2v) is 3.00. The molecule has 0 fully saturated rings. The van der Waals surface area contributed by atoms with E-state index >= 15 is 0 Å². The van der Waals surface area contributed by atoms with Gasteiger partial charge in [-0.25, -0.2) is 0 Å². The summed E-state index contributed by atoms with van der Waals surface area (Å²) in [5.74, 6) is 0. The van der Waals surface area contributed by atoms with Crippen molar-refractivity contribution in [1.82, 2.24) is 0 Å². The van der Waals surface area contributed by atoms with E-state index in [1.54, 1.807) is 0 Å². The molecule has 1 nitrogen and oxygen atoms in total. The number of rotatable bonds is 5. The van der Waals surface area contributed by atoms with E-state index in [9.17, 15) is 0 Å². The van der Waals surface area contributed by atoms with Crippen molar-refractivity contribution < 1.29 is 4.74 Å². The van der Waals surface area contributed by atoms with Crippen LogP contribution in [0.1, 0.15) is 33.6 Å². The number of allylic oxidation sites excluding steroid dienone is 2. The van der Waals surface area contributed by atoms with Crippen LogP contribution in [0.2, 0.25) is 0 Å². The Balaban J connectivity index is 3.32. The van der Waals surface area contributed by atoms with E-state index in [2.05, 4.69) is 27.7 Å². The van der Waals surface area contributed by atoms with E-state index in [4.69, 9.17) is 4.74 Å². The normalized spacial score (nSPS) is 9.82. The monoisotopic (exact) mass is 155 g/mol. The highest BCUT2D eigenvalue weighted by atomic mass is 16.5. The second kappa shape index (κ2) is 6.41. The molecule has 0 rings (SSSR count). The summed E-state index contributed by atoms with van der Waals surface area (Å²) in [7, 11) is 0. The maximum atomic E-state index is 5.13. The summed E-state index contributed by atoms with van der Waals surface area (Å²) < 4.78 is 5.13. The first kappa shape index (κ1) is 10.7. The molecule has 0 aliphatic carbocycles. The third kappa shape index (κ3) is 6.11. The first-order chi connectivity index (χ1) is 5.18. The van der Waals surface area contributed by atoms with Crippen LogP contribution in [0, 0.1) is 6.92 Å². The molecule has 0 saturated carbocycles. The Hall–Kier alpha value is -0.300. The van der Waals surface area contributed by atoms with E-state index in [0.717, 1.165) is 19.4 Å². The molecular weight excluding hydrogens is 136 g/mol. The molecule has 11 heavy (non-hydrogen) atoms. The van der Waals surface area contributed by atoms with Gasteiger partial charge in [0.2, 0.25) is 0 Å². The molecule has 65 valence electrons. The Kier molecular flexibility index (Phi) is 6.24. The minimum absolute atomic E-state index is 0.591. The first-order valence-electron chi connectivity index (χ1n) is 4.18. The van der Waals surface area contributed by atoms with Crippen LogP contribution in [0.4, 0.5) is 0 Å². The average Bonchev–Trinajstić information content (AvgIpc) is 1.97. The summed E-state index contributed by atoms with van der Waals surface area (Å²) in [4.78, 5) is 0. The Morgan fingerprint density at radius 1 is 1.27 bits per heavy atom. The van der Waals surface area contributed by atoms with Gasteiger partial charge in [-0.15, -0.1) is 0 Å². The lowest BCUT2D eigenvalue weighted by Crippen LogP contribution is -1.94. The van der Waals surface area contributed by atoms with Crippen molar-refractivity contribution in [3.05, 3.63) is 18.1 Å². The zero-order chi connectivity index (χ0) is 8.69. The molecule has 0 aromatic carbocycles. The Morgan fingerprint density at radius 3 is 2.36 bits per heavy atom. The Morgan fingerprint density at radius 2 is 1.91 bits per heavy atom. The quantitative estimate of drug-likeness (QED) is 0.438. The van der Waals surface area contributed by atoms with Crippen molar-refractivity contribution >= 4 is 0 Å². The van der Waals surface area contributed by atoms with E-state index in [1.807, 2.05) is 0 Å². The lowest BCUT2D eigenvalue weighted by molar-refractivity contribution is 0.158. The summed E-state index contributed by atoms with van der Waals surface area (Å²) in [6.45, 7) is 11.5. The largest absolute Gasteiger partial charge is 0.381 e. The average molecular weight is 155 g/mol. The zero-order valence-corrected chi connectivity index (χ0v) is 7.94. The van der Waals surface area contributed by atoms with E-state index in [0.29, 0.717) is 6.61 Å². The van der Waals surface area contributed by atoms with Crippen molar-refractivity contribution in [1.29, 1.82) is 0 Å². The highest BCUT2D eigenvalue weighted by Crippen LogP contribution is 2.08. The molecule has 0 unspecified atom stereocenters. The first-order valence-corrected chi connectivity index (χ1v) is 4.18. The SMILES string of the molecule is [CH2]COCCCC(C)=C(C)C. The van der Waals surface area contributed by atoms with E-state index in [-0.39, 0.29) is 0 Å². The fourth-order valence-electron chi connectivity index (χ4n) is 0.791. The molecule has 1 radical (unpaired) electrons. The van der Waals surface area contributed by atoms with Crippen molar-refractivity contribution in [2.45, 2.75) is 33.6 Å². The third-order valence-electron chi connectivity index (χ3n) is 1.84. The maximum absolute atomic E-state index is 5.13. The van der Waals surface area contributed by atoms with Crippen LogP contribution in [-0.4, -0.2) is 13.2 Å². The molecule has 0 atom stereocenters. The van der Waals surface area contributed by atoms with Crippen LogP contribution in [0.25, 0.3) is 0 Å². The van der Waals surface area contributed by atoms with Gasteiger partial charge in [0.15, 0.2) is 0 Å². The molecule has 0 N–H and O–H groups in total. The van der Waals surface area contributed by atoms with Crippen LogP contribution in [0.5, 0.6) is 0 Å². The van der Waals surface area contributed by atoms with Gasteiger partial charge in [0.05, 0.1) is 0 Å². The smallest absolute Gasteiger partial charge is 0.0469 e. The Labute approximate surface area is 70.4 Å². The highest BCUT2D eigenvalue weighted by molar-refractivity contribution is 5.06. The second-order valence-electron chi connectivity index (χ2n) is 3.00. The summed E-state index contributed by atoms with van der Waals surface area (Å²) in [5, 5.41) is 0. The fourth-order valence-corrected chi connectivity index (χ4v) is 0.791. The van der Waals surface area contributed by atoms with Crippen LogP contribution in [-0.2, 0) is 4.74 Å². The fraction of sp³-hybridized carbons (Fsp3) is 0.700. The van der Waals surface area contributed by atoms with Gasteiger partial charge in [-0.1, -0.05) is 11.1 Å². The molecule has 0 spiro atoms. The number of ether oxygens (including phenoxy) is 1. The van der Waals surface area contributed by atoms with Crippen LogP contribution < -0.4 is 0 Å². The van der Waals surface area contributed by atoms with Gasteiger partial charge in [-0.3, -0.25) is 0 Å². The van der Waals surface area contributed by atoms with Crippen LogP contribution in [0.15, 0.2) is 11.1 Å². The lowest BCUT2D eigenvalue weighted by atomic mass is 10.1. The maximum Gasteiger partial charge on any atom is 0.0469 e. The third-order valence-corrected chi connectivity index (χ3v) is 1.84. The molecule has 0 saturated heterocycles. The van der Waals surface area contributed by atoms with Gasteiger partial charge in [-0.05, 0) is 40.5 Å². The van der Waals surface area contributed by atoms with Gasteiger partial charge >= 0.3 is 0 Å². The Bertz CT molecular complexity index is 121. The van der Waals surface area contributed by atoms with Gasteiger partial charge in [0.25, 0.3) is 0 Å². The molecule has 0 aliphatic rings. The van der Waals surface area contributed by atoms with Gasteiger partial charge in [0.1, 0.15) is 0 Å². The zero-order valence-electron chi connectivity index (χ0n) is 7.94. The van der Waals surface area contributed by atoms with E-state index < -0.39 is 0 Å². The molecule has 0 heterocycles. The van der Waals surface area contributed by atoms with Gasteiger partial charge in [-0.2, -0.15) is 0 Å². The minimum Gasteiger partial charge on any atom is -0.381 e. The molecule has 0 aromatic heterocycles. The molecule has 0 aliphatic heterocycles. The minimum atomic E-state index is 0.591. The molecule has 0 aromatic rings. The van der Waals surface area contributed by atoms with Gasteiger partial charge < -0.3 is 4.74 Å². The summed E-state index contributed by atoms with van der Waals surface area (Å²) in [6, 6.07) is 0. The van der Waals surface area contributed by atoms with Crippen LogP contribution >= 0.6 is 0 Å². The van der Waals surface area contributed by atoms with Crippen molar-refractivity contribution in [2.75, 3.05) is 13.2 Å². The summed E-state index contributed by atoms with van der Waals surface area (Å²) in [6.07, 6.45) is 2.27. The molecule has 0 bridgehead atoms. The van der Waals surface area contributed by atoms with E-state index in [1.165, 1.54) is 11.1 Å². The van der Waals surface area contributed by atoms with Gasteiger partial charge in [0, 0.05) is 13.2 Å². The van der Waals surface area contributed by atoms with Crippen molar-refractivity contribution in [3.63, 3.8) is 0 Å². The summed E-state index contributed by atoms with van der Waals surface area (Å²) in [5.41, 5.74) is 2.91. The topological polar surface area (TPSA) is 9.23 Å². The molecular formula is C10H19O. The molecule has 0 amide bonds.